The van der Waals surface area contributed by atoms with Gasteiger partial charge in [-0.05, 0) is 19.8 Å². The molecule has 0 bridgehead atoms. The van der Waals surface area contributed by atoms with Crippen LogP contribution in [0.1, 0.15) is 19.8 Å². The highest BCUT2D eigenvalue weighted by atomic mass is 16.2. The summed E-state index contributed by atoms with van der Waals surface area (Å²) in [7, 11) is 0. The van der Waals surface area contributed by atoms with Crippen molar-refractivity contribution in [1.82, 2.24) is 5.32 Å². The molecule has 0 fully saturated rings. The number of nitrogens with two attached hydrogens (primary N) is 1. The highest BCUT2D eigenvalue weighted by Crippen LogP contribution is 2.17. The zero-order valence-corrected chi connectivity index (χ0v) is 6.05. The van der Waals surface area contributed by atoms with Crippen molar-refractivity contribution in [1.29, 1.82) is 0 Å². The number of carbonyl (C=O) groups excluding carboxylic acids is 1. The van der Waals surface area contributed by atoms with E-state index < -0.39 is 6.03 Å². The van der Waals surface area contributed by atoms with Gasteiger partial charge in [-0.1, -0.05) is 11.6 Å². The fourth-order valence-electron chi connectivity index (χ4n) is 1.21. The van der Waals surface area contributed by atoms with E-state index in [1.165, 1.54) is 5.57 Å². The lowest BCUT2D eigenvalue weighted by molar-refractivity contribution is 0.246. The van der Waals surface area contributed by atoms with E-state index in [0.717, 1.165) is 12.8 Å². The van der Waals surface area contributed by atoms with Gasteiger partial charge in [-0.15, -0.1) is 0 Å². The summed E-state index contributed by atoms with van der Waals surface area (Å²) in [5, 5.41) is 2.66. The molecule has 2 amide bonds. The number of carbonyl (C=O) groups is 1. The van der Waals surface area contributed by atoms with E-state index in [-0.39, 0.29) is 6.04 Å². The van der Waals surface area contributed by atoms with Gasteiger partial charge in [-0.25, -0.2) is 4.79 Å². The van der Waals surface area contributed by atoms with Crippen LogP contribution in [0.5, 0.6) is 0 Å². The molecule has 10 heavy (non-hydrogen) atoms. The minimum Gasteiger partial charge on any atom is -0.352 e. The Labute approximate surface area is 60.3 Å². The van der Waals surface area contributed by atoms with Gasteiger partial charge in [0.05, 0.1) is 6.04 Å². The Hall–Kier alpha value is -0.990. The SMILES string of the molecule is CC1=CCC[C@@H]1NC(N)=O. The fourth-order valence-corrected chi connectivity index (χ4v) is 1.21. The van der Waals surface area contributed by atoms with Crippen LogP contribution < -0.4 is 11.1 Å². The van der Waals surface area contributed by atoms with Gasteiger partial charge in [0.25, 0.3) is 0 Å². The smallest absolute Gasteiger partial charge is 0.312 e. The van der Waals surface area contributed by atoms with Crippen LogP contribution in [0, 0.1) is 0 Å². The Bertz CT molecular complexity index is 174. The summed E-state index contributed by atoms with van der Waals surface area (Å²) in [6.07, 6.45) is 4.17. The summed E-state index contributed by atoms with van der Waals surface area (Å²) in [5.74, 6) is 0. The average Bonchev–Trinajstić information content (AvgIpc) is 2.15. The number of hydrogen-bond donors (Lipinski definition) is 2. The Morgan fingerprint density at radius 2 is 2.60 bits per heavy atom. The van der Waals surface area contributed by atoms with Gasteiger partial charge in [-0.3, -0.25) is 0 Å². The molecule has 1 rings (SSSR count). The molecule has 3 nitrogen and oxygen atoms in total. The molecule has 0 aliphatic heterocycles. The third kappa shape index (κ3) is 1.50. The molecular formula is C7H12N2O. The first-order valence-corrected chi connectivity index (χ1v) is 3.43. The summed E-state index contributed by atoms with van der Waals surface area (Å²) in [6, 6.07) is -0.239. The van der Waals surface area contributed by atoms with Gasteiger partial charge in [0.1, 0.15) is 0 Å². The lowest BCUT2D eigenvalue weighted by Gasteiger charge is -2.11. The number of amides is 2. The van der Waals surface area contributed by atoms with Crippen LogP contribution in [-0.4, -0.2) is 12.1 Å². The van der Waals surface area contributed by atoms with Crippen LogP contribution in [-0.2, 0) is 0 Å². The number of primary amides is 1. The van der Waals surface area contributed by atoms with Crippen LogP contribution >= 0.6 is 0 Å². The minimum absolute atomic E-state index is 0.192. The lowest BCUT2D eigenvalue weighted by atomic mass is 10.2. The molecule has 0 aromatic carbocycles. The van der Waals surface area contributed by atoms with Crippen LogP contribution in [0.15, 0.2) is 11.6 Å². The molecule has 0 aromatic rings. The molecule has 3 N–H and O–H groups in total. The number of allylic oxidation sites excluding steroid dienone is 1. The van der Waals surface area contributed by atoms with Crippen LogP contribution in [0.3, 0.4) is 0 Å². The molecule has 0 unspecified atom stereocenters. The normalized spacial score (nSPS) is 24.1. The van der Waals surface area contributed by atoms with Crippen molar-refractivity contribution in [2.75, 3.05) is 0 Å². The van der Waals surface area contributed by atoms with Gasteiger partial charge < -0.3 is 11.1 Å². The highest BCUT2D eigenvalue weighted by molar-refractivity contribution is 5.72. The maximum absolute atomic E-state index is 10.4. The molecule has 0 radical (unpaired) electrons. The molecule has 1 aliphatic rings. The first-order valence-electron chi connectivity index (χ1n) is 3.43. The van der Waals surface area contributed by atoms with E-state index in [1.54, 1.807) is 0 Å². The van der Waals surface area contributed by atoms with Crippen LogP contribution in [0.2, 0.25) is 0 Å². The predicted octanol–water partition coefficient (Wildman–Crippen LogP) is 0.763. The van der Waals surface area contributed by atoms with Crippen molar-refractivity contribution in [2.24, 2.45) is 5.73 Å². The number of nitrogens with one attached hydrogen (secondary N) is 1. The van der Waals surface area contributed by atoms with Crippen molar-refractivity contribution < 1.29 is 4.79 Å². The van der Waals surface area contributed by atoms with E-state index in [9.17, 15) is 4.79 Å². The summed E-state index contributed by atoms with van der Waals surface area (Å²) in [4.78, 5) is 10.4. The molecule has 0 saturated carbocycles. The Kier molecular flexibility index (Phi) is 1.94. The second kappa shape index (κ2) is 2.73. The zero-order chi connectivity index (χ0) is 7.56. The highest BCUT2D eigenvalue weighted by Gasteiger charge is 2.15. The lowest BCUT2D eigenvalue weighted by Crippen LogP contribution is -2.37. The molecule has 56 valence electrons. The quantitative estimate of drug-likeness (QED) is 0.519. The van der Waals surface area contributed by atoms with Crippen molar-refractivity contribution in [2.45, 2.75) is 25.8 Å². The fraction of sp³-hybridized carbons (Fsp3) is 0.571. The topological polar surface area (TPSA) is 55.1 Å². The molecule has 3 heteroatoms. The van der Waals surface area contributed by atoms with Gasteiger partial charge in [0.15, 0.2) is 0 Å². The second-order valence-electron chi connectivity index (χ2n) is 2.59. The van der Waals surface area contributed by atoms with Gasteiger partial charge in [0, 0.05) is 0 Å². The van der Waals surface area contributed by atoms with E-state index in [0.29, 0.717) is 0 Å². The summed E-state index contributed by atoms with van der Waals surface area (Å²) in [6.45, 7) is 2.01. The molecule has 0 heterocycles. The van der Waals surface area contributed by atoms with Crippen molar-refractivity contribution in [3.8, 4) is 0 Å². The van der Waals surface area contributed by atoms with E-state index in [2.05, 4.69) is 11.4 Å². The first kappa shape index (κ1) is 7.12. The number of urea groups is 1. The summed E-state index contributed by atoms with van der Waals surface area (Å²) < 4.78 is 0. The van der Waals surface area contributed by atoms with E-state index in [4.69, 9.17) is 5.73 Å². The van der Waals surface area contributed by atoms with E-state index in [1.807, 2.05) is 6.92 Å². The molecule has 0 saturated heterocycles. The van der Waals surface area contributed by atoms with Gasteiger partial charge >= 0.3 is 6.03 Å². The van der Waals surface area contributed by atoms with Crippen molar-refractivity contribution >= 4 is 6.03 Å². The molecule has 1 atom stereocenters. The third-order valence-electron chi connectivity index (χ3n) is 1.79. The van der Waals surface area contributed by atoms with Gasteiger partial charge in [-0.2, -0.15) is 0 Å². The largest absolute Gasteiger partial charge is 0.352 e. The predicted molar refractivity (Wildman–Crippen MR) is 39.5 cm³/mol. The second-order valence-corrected chi connectivity index (χ2v) is 2.59. The van der Waals surface area contributed by atoms with Crippen molar-refractivity contribution in [3.63, 3.8) is 0 Å². The molecular weight excluding hydrogens is 128 g/mol. The first-order chi connectivity index (χ1) is 4.70. The Balaban J connectivity index is 2.43. The maximum Gasteiger partial charge on any atom is 0.312 e. The molecule has 1 aliphatic carbocycles. The monoisotopic (exact) mass is 140 g/mol. The molecule has 0 aromatic heterocycles. The number of hydrogen-bond acceptors (Lipinski definition) is 1. The summed E-state index contributed by atoms with van der Waals surface area (Å²) in [5.41, 5.74) is 6.18. The third-order valence-corrected chi connectivity index (χ3v) is 1.79. The average molecular weight is 140 g/mol. The Morgan fingerprint density at radius 1 is 1.90 bits per heavy atom. The van der Waals surface area contributed by atoms with Crippen LogP contribution in [0.4, 0.5) is 4.79 Å². The van der Waals surface area contributed by atoms with Gasteiger partial charge in [0.2, 0.25) is 0 Å². The van der Waals surface area contributed by atoms with E-state index >= 15 is 0 Å². The number of rotatable bonds is 1. The minimum atomic E-state index is -0.431. The van der Waals surface area contributed by atoms with Crippen molar-refractivity contribution in [3.05, 3.63) is 11.6 Å². The molecule has 0 spiro atoms. The Morgan fingerprint density at radius 3 is 3.00 bits per heavy atom. The standard InChI is InChI=1S/C7H12N2O/c1-5-3-2-4-6(5)9-7(8)10/h3,6H,2,4H2,1H3,(H3,8,9,10)/t6-/m0/s1. The van der Waals surface area contributed by atoms with Crippen LogP contribution in [0.25, 0.3) is 0 Å². The zero-order valence-electron chi connectivity index (χ0n) is 6.05. The maximum atomic E-state index is 10.4. The summed E-state index contributed by atoms with van der Waals surface area (Å²) >= 11 is 0.